The second-order valence-corrected chi connectivity index (χ2v) is 10.0. The monoisotopic (exact) mass is 369 g/mol. The third-order valence-corrected chi connectivity index (χ3v) is 7.28. The van der Waals surface area contributed by atoms with Crippen molar-refractivity contribution in [2.75, 3.05) is 13.2 Å². The first kappa shape index (κ1) is 18.3. The number of nitrogens with zero attached hydrogens (tertiary/aromatic N) is 2. The molecule has 2 fully saturated rings. The summed E-state index contributed by atoms with van der Waals surface area (Å²) in [5, 5.41) is 6.72. The van der Waals surface area contributed by atoms with Gasteiger partial charge in [-0.05, 0) is 46.2 Å². The molecule has 0 radical (unpaired) electrons. The van der Waals surface area contributed by atoms with Crippen LogP contribution in [0.25, 0.3) is 0 Å². The number of fused-ring (bicyclic) bond motifs is 1. The summed E-state index contributed by atoms with van der Waals surface area (Å²) < 4.78 is 26.3. The van der Waals surface area contributed by atoms with Gasteiger partial charge < -0.3 is 9.15 Å². The number of furan rings is 1. The van der Waals surface area contributed by atoms with Crippen molar-refractivity contribution < 1.29 is 13.4 Å². The molecule has 25 heavy (non-hydrogen) atoms. The molecule has 1 N–H and O–H groups in total. The first-order chi connectivity index (χ1) is 11.7. The molecule has 9 heteroatoms. The minimum Gasteiger partial charge on any atom is -0.469 e. The van der Waals surface area contributed by atoms with E-state index in [1.807, 2.05) is 20.8 Å². The number of nitroso groups, excluding NO2 is 2. The number of rotatable bonds is 5. The Balaban J connectivity index is 2.12. The van der Waals surface area contributed by atoms with E-state index in [2.05, 4.69) is 15.1 Å². The van der Waals surface area contributed by atoms with Crippen molar-refractivity contribution in [3.8, 4) is 0 Å². The normalized spacial score (nSPS) is 39.1. The summed E-state index contributed by atoms with van der Waals surface area (Å²) in [4.78, 5) is 24.0. The lowest BCUT2D eigenvalue weighted by Gasteiger charge is -2.40. The van der Waals surface area contributed by atoms with Crippen LogP contribution in [0.5, 0.6) is 0 Å². The van der Waals surface area contributed by atoms with Crippen LogP contribution in [0.15, 0.2) is 33.2 Å². The maximum absolute atomic E-state index is 12.7. The summed E-state index contributed by atoms with van der Waals surface area (Å²) in [7, 11) is -1.46. The Labute approximate surface area is 148 Å². The molecular formula is C16H23N3O5S. The van der Waals surface area contributed by atoms with E-state index in [0.717, 1.165) is 0 Å². The van der Waals surface area contributed by atoms with Gasteiger partial charge in [0.05, 0.1) is 46.7 Å². The summed E-state index contributed by atoms with van der Waals surface area (Å²) in [6.07, 6.45) is 1.85. The Morgan fingerprint density at radius 3 is 2.52 bits per heavy atom. The molecule has 0 aromatic carbocycles. The topological polar surface area (TPSA) is 110 Å². The molecule has 138 valence electrons. The van der Waals surface area contributed by atoms with Crippen LogP contribution in [0.3, 0.4) is 0 Å². The Morgan fingerprint density at radius 2 is 2.00 bits per heavy atom. The van der Waals surface area contributed by atoms with Gasteiger partial charge in [-0.25, -0.2) is 8.93 Å². The van der Waals surface area contributed by atoms with E-state index in [-0.39, 0.29) is 13.2 Å². The minimum absolute atomic E-state index is 0.0208. The van der Waals surface area contributed by atoms with Gasteiger partial charge in [0, 0.05) is 0 Å². The zero-order valence-corrected chi connectivity index (χ0v) is 15.6. The predicted octanol–water partition coefficient (Wildman–Crippen LogP) is 2.62. The number of hydrogen-bond donors (Lipinski definition) is 1. The molecule has 1 aromatic heterocycles. The van der Waals surface area contributed by atoms with E-state index in [1.54, 1.807) is 19.1 Å². The first-order valence-electron chi connectivity index (χ1n) is 8.16. The highest BCUT2D eigenvalue weighted by Crippen LogP contribution is 2.61. The van der Waals surface area contributed by atoms with E-state index in [9.17, 15) is 14.0 Å². The van der Waals surface area contributed by atoms with Crippen LogP contribution in [0, 0.1) is 9.81 Å². The van der Waals surface area contributed by atoms with Gasteiger partial charge in [0.2, 0.25) is 0 Å². The van der Waals surface area contributed by atoms with Crippen molar-refractivity contribution in [3.05, 3.63) is 34.0 Å². The summed E-state index contributed by atoms with van der Waals surface area (Å²) in [5.41, 5.74) is -3.88. The molecule has 3 rings (SSSR count). The summed E-state index contributed by atoms with van der Waals surface area (Å²) in [5.74, 6) is 0.0554. The first-order valence-corrected chi connectivity index (χ1v) is 9.31. The quantitative estimate of drug-likeness (QED) is 0.802. The number of hydrogen-bond acceptors (Lipinski definition) is 7. The van der Waals surface area contributed by atoms with Gasteiger partial charge in [0.1, 0.15) is 5.76 Å². The van der Waals surface area contributed by atoms with Crippen molar-refractivity contribution in [1.82, 2.24) is 4.72 Å². The standard InChI is InChI=1S/C16H23N3O5S/c1-13(2,3)25(22)19-14(4)8-11(12-6-5-7-24-12)15(17-20)9-23-10-16(14,15)18-21/h5-7,11,19H,8-10H2,1-4H3/t11-,14+,15+,16-,25-/m0/s1. The van der Waals surface area contributed by atoms with Crippen molar-refractivity contribution >= 4 is 11.0 Å². The zero-order valence-electron chi connectivity index (χ0n) is 14.8. The van der Waals surface area contributed by atoms with Crippen LogP contribution in [0.2, 0.25) is 0 Å². The molecule has 2 heterocycles. The Morgan fingerprint density at radius 1 is 1.28 bits per heavy atom. The van der Waals surface area contributed by atoms with Crippen LogP contribution in [0.4, 0.5) is 0 Å². The van der Waals surface area contributed by atoms with Crippen LogP contribution >= 0.6 is 0 Å². The molecule has 2 aliphatic rings. The lowest BCUT2D eigenvalue weighted by molar-refractivity contribution is 0.140. The zero-order chi connectivity index (χ0) is 18.5. The fourth-order valence-corrected chi connectivity index (χ4v) is 5.02. The SMILES string of the molecule is CC(C)(C)[S@](=O)N[C@]1(C)C[C@@H](c2ccco2)[C@]2(N=O)COC[C@]12N=O. The Hall–Kier alpha value is -1.45. The molecule has 5 atom stereocenters. The third kappa shape index (κ3) is 2.36. The van der Waals surface area contributed by atoms with E-state index in [4.69, 9.17) is 9.15 Å². The molecule has 1 aliphatic heterocycles. The van der Waals surface area contributed by atoms with Gasteiger partial charge >= 0.3 is 0 Å². The molecule has 0 amide bonds. The number of ether oxygens (including phenoxy) is 1. The fraction of sp³-hybridized carbons (Fsp3) is 0.750. The second-order valence-electron chi connectivity index (χ2n) is 8.05. The molecule has 1 aliphatic carbocycles. The largest absolute Gasteiger partial charge is 0.469 e. The third-order valence-electron chi connectivity index (χ3n) is 5.53. The molecule has 0 bridgehead atoms. The van der Waals surface area contributed by atoms with Crippen LogP contribution < -0.4 is 4.72 Å². The lowest BCUT2D eigenvalue weighted by Crippen LogP contribution is -2.65. The Bertz CT molecular complexity index is 703. The van der Waals surface area contributed by atoms with Crippen molar-refractivity contribution in [1.29, 1.82) is 0 Å². The van der Waals surface area contributed by atoms with Crippen LogP contribution in [-0.2, 0) is 15.7 Å². The fourth-order valence-electron chi connectivity index (χ4n) is 4.05. The molecular weight excluding hydrogens is 346 g/mol. The summed E-state index contributed by atoms with van der Waals surface area (Å²) in [6, 6.07) is 3.47. The lowest BCUT2D eigenvalue weighted by atomic mass is 9.73. The number of nitrogens with one attached hydrogen (secondary N) is 1. The van der Waals surface area contributed by atoms with Gasteiger partial charge in [-0.3, -0.25) is 0 Å². The van der Waals surface area contributed by atoms with Crippen molar-refractivity contribution in [2.45, 2.75) is 61.4 Å². The van der Waals surface area contributed by atoms with E-state index in [1.165, 1.54) is 6.26 Å². The van der Waals surface area contributed by atoms with Gasteiger partial charge in [0.25, 0.3) is 0 Å². The maximum atomic E-state index is 12.7. The second kappa shape index (κ2) is 5.78. The minimum atomic E-state index is -1.46. The highest BCUT2D eigenvalue weighted by Gasteiger charge is 2.78. The van der Waals surface area contributed by atoms with Gasteiger partial charge in [0.15, 0.2) is 11.1 Å². The van der Waals surface area contributed by atoms with Gasteiger partial charge in [-0.15, -0.1) is 4.91 Å². The average Bonchev–Trinajstić information content (AvgIpc) is 3.22. The van der Waals surface area contributed by atoms with Crippen LogP contribution in [0.1, 0.15) is 45.8 Å². The molecule has 1 saturated carbocycles. The molecule has 0 unspecified atom stereocenters. The summed E-state index contributed by atoms with van der Waals surface area (Å²) in [6.45, 7) is 7.17. The van der Waals surface area contributed by atoms with Crippen LogP contribution in [-0.4, -0.2) is 38.8 Å². The highest BCUT2D eigenvalue weighted by atomic mass is 32.2. The smallest absolute Gasteiger partial charge is 0.176 e. The summed E-state index contributed by atoms with van der Waals surface area (Å²) >= 11 is 0. The molecule has 1 saturated heterocycles. The van der Waals surface area contributed by atoms with E-state index < -0.39 is 38.3 Å². The molecule has 8 nitrogen and oxygen atoms in total. The maximum Gasteiger partial charge on any atom is 0.176 e. The molecule has 1 aromatic rings. The Kier molecular flexibility index (Phi) is 4.24. The van der Waals surface area contributed by atoms with Crippen molar-refractivity contribution in [2.24, 2.45) is 10.4 Å². The van der Waals surface area contributed by atoms with Gasteiger partial charge in [-0.2, -0.15) is 4.91 Å². The highest BCUT2D eigenvalue weighted by molar-refractivity contribution is 7.84. The predicted molar refractivity (Wildman–Crippen MR) is 93.4 cm³/mol. The average molecular weight is 369 g/mol. The van der Waals surface area contributed by atoms with E-state index >= 15 is 0 Å². The van der Waals surface area contributed by atoms with E-state index in [0.29, 0.717) is 12.2 Å². The molecule has 0 spiro atoms. The van der Waals surface area contributed by atoms with Crippen molar-refractivity contribution in [3.63, 3.8) is 0 Å². The van der Waals surface area contributed by atoms with Gasteiger partial charge in [-0.1, -0.05) is 10.4 Å².